The first-order valence-corrected chi connectivity index (χ1v) is 13.4. The Hall–Kier alpha value is -4.36. The maximum Gasteiger partial charge on any atom is 0.449 e. The van der Waals surface area contributed by atoms with Crippen LogP contribution in [-0.2, 0) is 30.6 Å². The Bertz CT molecular complexity index is 1670. The van der Waals surface area contributed by atoms with Crippen LogP contribution in [0.5, 0.6) is 0 Å². The van der Waals surface area contributed by atoms with E-state index in [9.17, 15) is 23.1 Å². The van der Waals surface area contributed by atoms with Crippen LogP contribution in [0.4, 0.5) is 13.2 Å². The molecule has 1 N–H and O–H groups in total. The molecule has 0 radical (unpaired) electrons. The van der Waals surface area contributed by atoms with Gasteiger partial charge in [-0.05, 0) is 70.1 Å². The molecule has 5 rings (SSSR count). The number of aliphatic carboxylic acids is 1. The first kappa shape index (κ1) is 28.2. The van der Waals surface area contributed by atoms with Gasteiger partial charge in [0.05, 0.1) is 12.5 Å². The molecule has 0 fully saturated rings. The average Bonchev–Trinajstić information content (AvgIpc) is 3.44. The number of nitrogens with zero attached hydrogens (tertiary/aromatic N) is 1. The molecule has 0 aliphatic carbocycles. The van der Waals surface area contributed by atoms with Gasteiger partial charge in [0, 0.05) is 13.1 Å². The zero-order valence-electron chi connectivity index (χ0n) is 22.8. The molecule has 0 saturated heterocycles. The van der Waals surface area contributed by atoms with E-state index in [4.69, 9.17) is 4.42 Å². The van der Waals surface area contributed by atoms with Crippen molar-refractivity contribution in [1.82, 2.24) is 4.90 Å². The fraction of sp³-hybridized carbons (Fsp3) is 0.206. The number of hydrogen-bond donors (Lipinski definition) is 1. The summed E-state index contributed by atoms with van der Waals surface area (Å²) in [6.07, 6.45) is -4.54. The molecule has 41 heavy (non-hydrogen) atoms. The van der Waals surface area contributed by atoms with Crippen molar-refractivity contribution < 1.29 is 27.5 Å². The summed E-state index contributed by atoms with van der Waals surface area (Å²) in [7, 11) is 0. The van der Waals surface area contributed by atoms with Gasteiger partial charge < -0.3 is 9.52 Å². The van der Waals surface area contributed by atoms with Crippen molar-refractivity contribution in [3.63, 3.8) is 0 Å². The van der Waals surface area contributed by atoms with Crippen LogP contribution in [0.2, 0.25) is 0 Å². The second kappa shape index (κ2) is 11.6. The summed E-state index contributed by atoms with van der Waals surface area (Å²) in [6.45, 7) is 4.92. The number of carbonyl (C=O) groups is 1. The number of rotatable bonds is 9. The van der Waals surface area contributed by atoms with E-state index in [0.717, 1.165) is 50.2 Å². The molecule has 0 saturated carbocycles. The number of benzene rings is 4. The molecule has 4 aromatic carbocycles. The summed E-state index contributed by atoms with van der Waals surface area (Å²) in [6, 6.07) is 30.0. The lowest BCUT2D eigenvalue weighted by Gasteiger charge is -2.24. The molecule has 1 aromatic heterocycles. The van der Waals surface area contributed by atoms with Gasteiger partial charge in [-0.15, -0.1) is 0 Å². The van der Waals surface area contributed by atoms with E-state index >= 15 is 0 Å². The summed E-state index contributed by atoms with van der Waals surface area (Å²) in [5.74, 6) is -2.24. The Morgan fingerprint density at radius 1 is 0.854 bits per heavy atom. The van der Waals surface area contributed by atoms with E-state index in [1.807, 2.05) is 67.6 Å². The zero-order chi connectivity index (χ0) is 29.1. The van der Waals surface area contributed by atoms with Gasteiger partial charge >= 0.3 is 12.1 Å². The van der Waals surface area contributed by atoms with E-state index in [-0.39, 0.29) is 12.3 Å². The van der Waals surface area contributed by atoms with Gasteiger partial charge in [-0.1, -0.05) is 84.9 Å². The minimum Gasteiger partial charge on any atom is -0.481 e. The molecule has 1 atom stereocenters. The number of carboxylic acids is 1. The third-order valence-corrected chi connectivity index (χ3v) is 7.43. The van der Waals surface area contributed by atoms with Gasteiger partial charge in [0.15, 0.2) is 0 Å². The summed E-state index contributed by atoms with van der Waals surface area (Å²) in [4.78, 5) is 13.5. The monoisotopic (exact) mass is 557 g/mol. The number of fused-ring (bicyclic) bond motifs is 1. The highest BCUT2D eigenvalue weighted by molar-refractivity contribution is 5.86. The third kappa shape index (κ3) is 6.52. The lowest BCUT2D eigenvalue weighted by molar-refractivity contribution is -0.153. The molecule has 0 spiro atoms. The minimum absolute atomic E-state index is 0.204. The van der Waals surface area contributed by atoms with Gasteiger partial charge in [0.1, 0.15) is 5.76 Å². The number of halogens is 3. The van der Waals surface area contributed by atoms with Crippen molar-refractivity contribution in [3.8, 4) is 11.1 Å². The van der Waals surface area contributed by atoms with Crippen LogP contribution in [0.25, 0.3) is 21.9 Å². The van der Waals surface area contributed by atoms with Crippen molar-refractivity contribution in [1.29, 1.82) is 0 Å². The highest BCUT2D eigenvalue weighted by atomic mass is 19.4. The van der Waals surface area contributed by atoms with Crippen molar-refractivity contribution in [2.45, 2.75) is 45.6 Å². The Morgan fingerprint density at radius 3 is 2.32 bits per heavy atom. The highest BCUT2D eigenvalue weighted by Crippen LogP contribution is 2.32. The van der Waals surface area contributed by atoms with E-state index in [1.165, 1.54) is 6.07 Å². The number of alkyl halides is 3. The van der Waals surface area contributed by atoms with Crippen LogP contribution in [0.3, 0.4) is 0 Å². The molecule has 4 nitrogen and oxygen atoms in total. The molecule has 210 valence electrons. The van der Waals surface area contributed by atoms with E-state index < -0.39 is 23.8 Å². The average molecular weight is 558 g/mol. The van der Waals surface area contributed by atoms with Crippen LogP contribution >= 0.6 is 0 Å². The predicted molar refractivity (Wildman–Crippen MR) is 153 cm³/mol. The molecule has 0 aliphatic heterocycles. The first-order valence-electron chi connectivity index (χ1n) is 13.4. The van der Waals surface area contributed by atoms with Crippen molar-refractivity contribution >= 4 is 16.7 Å². The number of furan rings is 1. The lowest BCUT2D eigenvalue weighted by atomic mass is 9.96. The van der Waals surface area contributed by atoms with Gasteiger partial charge in [-0.25, -0.2) is 0 Å². The number of aryl methyl sites for hydroxylation is 1. The standard InChI is InChI=1S/C34H30F3NO3/c1-22-10-13-26-6-3-4-9-30(26)31(22)21-38(20-29-16-17-32(41-29)34(35,36)37)19-24-11-14-25(15-12-24)28-8-5-7-27(18-28)23(2)33(39)40/h3-18,23H,19-21H2,1-2H3,(H,39,40)/t23-/m0/s1. The smallest absolute Gasteiger partial charge is 0.449 e. The Morgan fingerprint density at radius 2 is 1.61 bits per heavy atom. The summed E-state index contributed by atoms with van der Waals surface area (Å²) in [5.41, 5.74) is 5.81. The zero-order valence-corrected chi connectivity index (χ0v) is 22.8. The van der Waals surface area contributed by atoms with Crippen molar-refractivity contribution in [3.05, 3.63) is 131 Å². The van der Waals surface area contributed by atoms with Crippen molar-refractivity contribution in [2.75, 3.05) is 0 Å². The first-order chi connectivity index (χ1) is 19.6. The molecule has 0 unspecified atom stereocenters. The van der Waals surface area contributed by atoms with E-state index in [0.29, 0.717) is 13.1 Å². The van der Waals surface area contributed by atoms with Crippen LogP contribution < -0.4 is 0 Å². The lowest BCUT2D eigenvalue weighted by Crippen LogP contribution is -2.23. The van der Waals surface area contributed by atoms with Crippen LogP contribution in [0.1, 0.15) is 46.6 Å². The van der Waals surface area contributed by atoms with Gasteiger partial charge in [-0.3, -0.25) is 9.69 Å². The third-order valence-electron chi connectivity index (χ3n) is 7.43. The maximum absolute atomic E-state index is 13.2. The number of carboxylic acid groups (broad SMARTS) is 1. The molecule has 0 bridgehead atoms. The minimum atomic E-state index is -4.54. The highest BCUT2D eigenvalue weighted by Gasteiger charge is 2.34. The molecular weight excluding hydrogens is 527 g/mol. The largest absolute Gasteiger partial charge is 0.481 e. The Kier molecular flexibility index (Phi) is 7.99. The second-order valence-electron chi connectivity index (χ2n) is 10.4. The van der Waals surface area contributed by atoms with Gasteiger partial charge in [0.25, 0.3) is 0 Å². The second-order valence-corrected chi connectivity index (χ2v) is 10.4. The summed E-state index contributed by atoms with van der Waals surface area (Å²) >= 11 is 0. The van der Waals surface area contributed by atoms with Crippen LogP contribution in [0, 0.1) is 6.92 Å². The quantitative estimate of drug-likeness (QED) is 0.197. The molecule has 7 heteroatoms. The molecule has 1 heterocycles. The fourth-order valence-corrected chi connectivity index (χ4v) is 5.07. The molecular formula is C34H30F3NO3. The topological polar surface area (TPSA) is 53.7 Å². The maximum atomic E-state index is 13.2. The Labute approximate surface area is 236 Å². The van der Waals surface area contributed by atoms with Crippen molar-refractivity contribution in [2.24, 2.45) is 0 Å². The van der Waals surface area contributed by atoms with Crippen LogP contribution in [0.15, 0.2) is 101 Å². The molecule has 0 aliphatic rings. The van der Waals surface area contributed by atoms with Gasteiger partial charge in [0.2, 0.25) is 5.76 Å². The summed E-state index contributed by atoms with van der Waals surface area (Å²) in [5, 5.41) is 11.6. The molecule has 0 amide bonds. The number of hydrogen-bond acceptors (Lipinski definition) is 3. The molecule has 5 aromatic rings. The summed E-state index contributed by atoms with van der Waals surface area (Å²) < 4.78 is 44.8. The SMILES string of the molecule is Cc1ccc2ccccc2c1CN(Cc1ccc(-c2cccc([C@H](C)C(=O)O)c2)cc1)Cc1ccc(C(F)(F)F)o1. The predicted octanol–water partition coefficient (Wildman–Crippen LogP) is 8.82. The van der Waals surface area contributed by atoms with E-state index in [2.05, 4.69) is 29.2 Å². The van der Waals surface area contributed by atoms with Gasteiger partial charge in [-0.2, -0.15) is 13.2 Å². The van der Waals surface area contributed by atoms with E-state index in [1.54, 1.807) is 6.92 Å². The fourth-order valence-electron chi connectivity index (χ4n) is 5.07. The van der Waals surface area contributed by atoms with Crippen LogP contribution in [-0.4, -0.2) is 16.0 Å². The Balaban J connectivity index is 1.43. The normalized spacial score (nSPS) is 12.6.